The minimum atomic E-state index is -1.31. The van der Waals surface area contributed by atoms with Crippen molar-refractivity contribution in [1.29, 1.82) is 0 Å². The van der Waals surface area contributed by atoms with E-state index in [0.717, 1.165) is 0 Å². The van der Waals surface area contributed by atoms with Gasteiger partial charge in [0.2, 0.25) is 11.6 Å². The molecule has 0 aliphatic carbocycles. The summed E-state index contributed by atoms with van der Waals surface area (Å²) in [5.41, 5.74) is 0. The fourth-order valence-corrected chi connectivity index (χ4v) is 0.908. The van der Waals surface area contributed by atoms with Crippen LogP contribution in [0.4, 0.5) is 0 Å². The van der Waals surface area contributed by atoms with E-state index < -0.39 is 23.5 Å². The lowest BCUT2D eigenvalue weighted by Crippen LogP contribution is -2.35. The Kier molecular flexibility index (Phi) is 6.96. The molecule has 0 aromatic carbocycles. The molecule has 0 saturated heterocycles. The lowest BCUT2D eigenvalue weighted by molar-refractivity contribution is -0.600. The third-order valence-corrected chi connectivity index (χ3v) is 1.77. The minimum absolute atomic E-state index is 0.216. The maximum absolute atomic E-state index is 11.1. The Morgan fingerprint density at radius 3 is 1.37 bits per heavy atom. The zero-order valence-electron chi connectivity index (χ0n) is 12.3. The molecule has 0 aromatic rings. The van der Waals surface area contributed by atoms with Gasteiger partial charge in [-0.1, -0.05) is 18.9 Å². The SMILES string of the molecule is CCC(=O)OC(C)(C)OOOC(C)(C)OC(=O)CC. The number of esters is 2. The van der Waals surface area contributed by atoms with Crippen molar-refractivity contribution >= 4 is 11.9 Å². The molecule has 0 atom stereocenters. The fourth-order valence-electron chi connectivity index (χ4n) is 0.908. The Hall–Kier alpha value is -1.18. The van der Waals surface area contributed by atoms with Gasteiger partial charge < -0.3 is 9.47 Å². The highest BCUT2D eigenvalue weighted by atomic mass is 17.5. The van der Waals surface area contributed by atoms with Crippen LogP contribution in [-0.4, -0.2) is 23.5 Å². The molecule has 0 unspecified atom stereocenters. The molecule has 0 bridgehead atoms. The molecule has 0 spiro atoms. The predicted molar refractivity (Wildman–Crippen MR) is 64.2 cm³/mol. The van der Waals surface area contributed by atoms with Crippen LogP contribution in [0.1, 0.15) is 54.4 Å². The second kappa shape index (κ2) is 7.42. The highest BCUT2D eigenvalue weighted by molar-refractivity contribution is 5.69. The number of rotatable bonds is 8. The van der Waals surface area contributed by atoms with Gasteiger partial charge >= 0.3 is 11.9 Å². The van der Waals surface area contributed by atoms with E-state index in [9.17, 15) is 9.59 Å². The Morgan fingerprint density at radius 1 is 0.789 bits per heavy atom. The molecule has 0 rings (SSSR count). The highest BCUT2D eigenvalue weighted by Gasteiger charge is 2.29. The Bertz CT molecular complexity index is 279. The van der Waals surface area contributed by atoms with Crippen LogP contribution in [0.3, 0.4) is 0 Å². The average Bonchev–Trinajstić information content (AvgIpc) is 2.26. The minimum Gasteiger partial charge on any atom is -0.431 e. The smallest absolute Gasteiger partial charge is 0.308 e. The van der Waals surface area contributed by atoms with Gasteiger partial charge in [-0.05, 0) is 0 Å². The van der Waals surface area contributed by atoms with Gasteiger partial charge in [0.25, 0.3) is 0 Å². The summed E-state index contributed by atoms with van der Waals surface area (Å²) in [4.78, 5) is 31.8. The molecule has 0 aliphatic heterocycles. The van der Waals surface area contributed by atoms with Gasteiger partial charge in [0.05, 0.1) is 0 Å². The monoisotopic (exact) mass is 278 g/mol. The molecule has 0 heterocycles. The molecule has 0 amide bonds. The highest BCUT2D eigenvalue weighted by Crippen LogP contribution is 2.17. The third kappa shape index (κ3) is 8.52. The van der Waals surface area contributed by atoms with E-state index in [4.69, 9.17) is 19.2 Å². The number of hydrogen-bond donors (Lipinski definition) is 0. The van der Waals surface area contributed by atoms with E-state index >= 15 is 0 Å². The van der Waals surface area contributed by atoms with Crippen molar-refractivity contribution in [2.45, 2.75) is 66.0 Å². The van der Waals surface area contributed by atoms with Crippen molar-refractivity contribution in [1.82, 2.24) is 0 Å². The van der Waals surface area contributed by atoms with Crippen LogP contribution >= 0.6 is 0 Å². The van der Waals surface area contributed by atoms with E-state index in [0.29, 0.717) is 0 Å². The Balaban J connectivity index is 4.13. The van der Waals surface area contributed by atoms with Gasteiger partial charge in [0.1, 0.15) is 0 Å². The van der Waals surface area contributed by atoms with Crippen molar-refractivity contribution in [2.75, 3.05) is 0 Å². The summed E-state index contributed by atoms with van der Waals surface area (Å²) < 4.78 is 9.86. The molecule has 19 heavy (non-hydrogen) atoms. The summed E-state index contributed by atoms with van der Waals surface area (Å²) >= 11 is 0. The van der Waals surface area contributed by atoms with Crippen LogP contribution in [0.15, 0.2) is 0 Å². The summed E-state index contributed by atoms with van der Waals surface area (Å²) in [7, 11) is 0. The van der Waals surface area contributed by atoms with Crippen LogP contribution < -0.4 is 0 Å². The lowest BCUT2D eigenvalue weighted by atomic mass is 10.4. The molecule has 0 aliphatic rings. The van der Waals surface area contributed by atoms with E-state index in [2.05, 4.69) is 5.04 Å². The van der Waals surface area contributed by atoms with Crippen LogP contribution in [-0.2, 0) is 33.9 Å². The maximum atomic E-state index is 11.1. The summed E-state index contributed by atoms with van der Waals surface area (Å²) in [6, 6.07) is 0. The van der Waals surface area contributed by atoms with E-state index in [1.165, 1.54) is 27.7 Å². The van der Waals surface area contributed by atoms with Crippen molar-refractivity contribution < 1.29 is 33.9 Å². The van der Waals surface area contributed by atoms with Crippen molar-refractivity contribution in [3.63, 3.8) is 0 Å². The van der Waals surface area contributed by atoms with Crippen molar-refractivity contribution in [3.8, 4) is 0 Å². The van der Waals surface area contributed by atoms with Crippen LogP contribution in [0, 0.1) is 0 Å². The van der Waals surface area contributed by atoms with Gasteiger partial charge in [-0.15, -0.1) is 0 Å². The van der Waals surface area contributed by atoms with E-state index in [1.807, 2.05) is 0 Å². The number of hydrogen-bond acceptors (Lipinski definition) is 7. The first-order valence-electron chi connectivity index (χ1n) is 6.09. The second-order valence-electron chi connectivity index (χ2n) is 4.69. The third-order valence-electron chi connectivity index (χ3n) is 1.77. The van der Waals surface area contributed by atoms with Gasteiger partial charge in [-0.2, -0.15) is 9.78 Å². The first-order chi connectivity index (χ1) is 8.62. The number of ether oxygens (including phenoxy) is 2. The molecular formula is C12H22O7. The summed E-state index contributed by atoms with van der Waals surface area (Å²) in [5.74, 6) is -3.49. The van der Waals surface area contributed by atoms with Gasteiger partial charge in [0.15, 0.2) is 0 Å². The standard InChI is InChI=1S/C12H22O7/c1-7-9(13)15-11(3,4)17-19-18-12(5,6)16-10(14)8-2/h7-8H2,1-6H3. The topological polar surface area (TPSA) is 80.3 Å². The van der Waals surface area contributed by atoms with E-state index in [-0.39, 0.29) is 12.8 Å². The quantitative estimate of drug-likeness (QED) is 0.291. The second-order valence-corrected chi connectivity index (χ2v) is 4.69. The first-order valence-corrected chi connectivity index (χ1v) is 6.09. The van der Waals surface area contributed by atoms with Crippen LogP contribution in [0.25, 0.3) is 0 Å². The lowest BCUT2D eigenvalue weighted by Gasteiger charge is -2.26. The molecule has 7 nitrogen and oxygen atoms in total. The zero-order valence-corrected chi connectivity index (χ0v) is 12.3. The molecule has 0 saturated carbocycles. The van der Waals surface area contributed by atoms with Gasteiger partial charge in [-0.25, -0.2) is 0 Å². The predicted octanol–water partition coefficient (Wildman–Crippen LogP) is 2.24. The number of carbonyl (C=O) groups is 2. The molecule has 0 fully saturated rings. The molecule has 0 radical (unpaired) electrons. The normalized spacial score (nSPS) is 12.1. The molecule has 112 valence electrons. The fraction of sp³-hybridized carbons (Fsp3) is 0.833. The van der Waals surface area contributed by atoms with Gasteiger partial charge in [-0.3, -0.25) is 9.59 Å². The Labute approximate surface area is 113 Å². The van der Waals surface area contributed by atoms with E-state index in [1.54, 1.807) is 13.8 Å². The number of carbonyl (C=O) groups excluding carboxylic acids is 2. The van der Waals surface area contributed by atoms with Crippen LogP contribution in [0.5, 0.6) is 0 Å². The largest absolute Gasteiger partial charge is 0.431 e. The van der Waals surface area contributed by atoms with Crippen molar-refractivity contribution in [3.05, 3.63) is 0 Å². The van der Waals surface area contributed by atoms with Crippen LogP contribution in [0.2, 0.25) is 0 Å². The molecule has 0 aromatic heterocycles. The van der Waals surface area contributed by atoms with Crippen molar-refractivity contribution in [2.24, 2.45) is 0 Å². The summed E-state index contributed by atoms with van der Waals surface area (Å²) in [6.45, 7) is 9.24. The molecule has 7 heteroatoms. The average molecular weight is 278 g/mol. The maximum Gasteiger partial charge on any atom is 0.308 e. The first kappa shape index (κ1) is 17.8. The van der Waals surface area contributed by atoms with Gasteiger partial charge in [0, 0.05) is 40.5 Å². The molecular weight excluding hydrogens is 256 g/mol. The Morgan fingerprint density at radius 2 is 1.11 bits per heavy atom. The zero-order chi connectivity index (χ0) is 15.1. The summed E-state index contributed by atoms with van der Waals surface area (Å²) in [5, 5.41) is 4.50. The molecule has 0 N–H and O–H groups in total. The summed E-state index contributed by atoms with van der Waals surface area (Å²) in [6.07, 6.45) is 0.431.